The molecule has 0 aromatic heterocycles. The third-order valence-corrected chi connectivity index (χ3v) is 4.43. The number of nitrogens with one attached hydrogen (secondary N) is 2. The molecule has 2 unspecified atom stereocenters. The fourth-order valence-electron chi connectivity index (χ4n) is 2.76. The largest absolute Gasteiger partial charge is 0.355 e. The van der Waals surface area contributed by atoms with Gasteiger partial charge in [-0.25, -0.2) is 0 Å². The third-order valence-electron chi connectivity index (χ3n) is 4.43. The van der Waals surface area contributed by atoms with E-state index in [4.69, 9.17) is 0 Å². The molecular weight excluding hydrogens is 308 g/mol. The summed E-state index contributed by atoms with van der Waals surface area (Å²) >= 11 is 0. The molecule has 2 aromatic rings. The highest BCUT2D eigenvalue weighted by Crippen LogP contribution is 2.11. The maximum atomic E-state index is 4.37. The molecule has 0 aliphatic heterocycles. The van der Waals surface area contributed by atoms with Crippen molar-refractivity contribution >= 4 is 5.96 Å². The van der Waals surface area contributed by atoms with Crippen molar-refractivity contribution in [3.8, 4) is 0 Å². The Morgan fingerprint density at radius 2 is 1.60 bits per heavy atom. The molecule has 0 spiro atoms. The summed E-state index contributed by atoms with van der Waals surface area (Å²) in [5.41, 5.74) is 2.60. The Bertz CT molecular complexity index is 637. The van der Waals surface area contributed by atoms with Gasteiger partial charge in [0.25, 0.3) is 0 Å². The van der Waals surface area contributed by atoms with Crippen molar-refractivity contribution in [3.05, 3.63) is 71.8 Å². The molecule has 134 valence electrons. The lowest BCUT2D eigenvalue weighted by molar-refractivity contribution is 0.290. The first-order valence-electron chi connectivity index (χ1n) is 8.82. The van der Waals surface area contributed by atoms with E-state index in [0.29, 0.717) is 6.04 Å². The van der Waals surface area contributed by atoms with Gasteiger partial charge in [0.05, 0.1) is 6.04 Å². The molecule has 0 radical (unpaired) electrons. The Balaban J connectivity index is 1.91. The Labute approximate surface area is 152 Å². The third kappa shape index (κ3) is 6.24. The van der Waals surface area contributed by atoms with Gasteiger partial charge in [-0.15, -0.1) is 0 Å². The lowest BCUT2D eigenvalue weighted by Crippen LogP contribution is -2.46. The number of rotatable bonds is 7. The predicted octanol–water partition coefficient (Wildman–Crippen LogP) is 3.09. The van der Waals surface area contributed by atoms with E-state index in [2.05, 4.69) is 96.1 Å². The minimum absolute atomic E-state index is 0.208. The maximum Gasteiger partial charge on any atom is 0.191 e. The average molecular weight is 338 g/mol. The van der Waals surface area contributed by atoms with Crippen molar-refractivity contribution in [2.75, 3.05) is 27.7 Å². The van der Waals surface area contributed by atoms with Crippen molar-refractivity contribution in [2.45, 2.75) is 25.4 Å². The van der Waals surface area contributed by atoms with E-state index < -0.39 is 0 Å². The van der Waals surface area contributed by atoms with Crippen LogP contribution in [0.25, 0.3) is 0 Å². The van der Waals surface area contributed by atoms with Crippen LogP contribution in [-0.2, 0) is 6.42 Å². The Kier molecular flexibility index (Phi) is 7.48. The lowest BCUT2D eigenvalue weighted by Gasteiger charge is -2.26. The van der Waals surface area contributed by atoms with Gasteiger partial charge in [0.2, 0.25) is 0 Å². The first-order chi connectivity index (χ1) is 12.1. The van der Waals surface area contributed by atoms with Gasteiger partial charge in [-0.3, -0.25) is 4.99 Å². The van der Waals surface area contributed by atoms with Gasteiger partial charge >= 0.3 is 0 Å². The van der Waals surface area contributed by atoms with Crippen LogP contribution in [0.2, 0.25) is 0 Å². The summed E-state index contributed by atoms with van der Waals surface area (Å²) in [6.07, 6.45) is 1.01. The van der Waals surface area contributed by atoms with Crippen LogP contribution in [0.15, 0.2) is 65.7 Å². The quantitative estimate of drug-likeness (QED) is 0.602. The fraction of sp³-hybridized carbons (Fsp3) is 0.381. The molecule has 25 heavy (non-hydrogen) atoms. The number of guanidine groups is 1. The summed E-state index contributed by atoms with van der Waals surface area (Å²) in [5.74, 6) is 0.830. The van der Waals surface area contributed by atoms with Crippen LogP contribution in [0.4, 0.5) is 0 Å². The lowest BCUT2D eigenvalue weighted by atomic mass is 10.1. The van der Waals surface area contributed by atoms with Crippen molar-refractivity contribution in [2.24, 2.45) is 4.99 Å². The predicted molar refractivity (Wildman–Crippen MR) is 107 cm³/mol. The fourth-order valence-corrected chi connectivity index (χ4v) is 2.76. The maximum absolute atomic E-state index is 4.37. The zero-order chi connectivity index (χ0) is 18.1. The first-order valence-corrected chi connectivity index (χ1v) is 8.82. The second-order valence-electron chi connectivity index (χ2n) is 6.54. The SMILES string of the molecule is CN=C(NCC(Cc1ccccc1)N(C)C)NC(C)c1ccccc1. The summed E-state index contributed by atoms with van der Waals surface area (Å²) in [6, 6.07) is 21.6. The average Bonchev–Trinajstić information content (AvgIpc) is 2.65. The first kappa shape index (κ1) is 19.0. The summed E-state index contributed by atoms with van der Waals surface area (Å²) in [5, 5.41) is 6.93. The summed E-state index contributed by atoms with van der Waals surface area (Å²) in [7, 11) is 6.06. The zero-order valence-electron chi connectivity index (χ0n) is 15.7. The normalized spacial score (nSPS) is 14.2. The molecule has 2 atom stereocenters. The van der Waals surface area contributed by atoms with E-state index in [0.717, 1.165) is 18.9 Å². The summed E-state index contributed by atoms with van der Waals surface area (Å²) in [6.45, 7) is 2.98. The number of hydrogen-bond donors (Lipinski definition) is 2. The van der Waals surface area contributed by atoms with Crippen LogP contribution in [0.3, 0.4) is 0 Å². The number of hydrogen-bond acceptors (Lipinski definition) is 2. The van der Waals surface area contributed by atoms with Crippen LogP contribution in [-0.4, -0.2) is 44.6 Å². The molecule has 0 saturated heterocycles. The minimum atomic E-state index is 0.208. The Morgan fingerprint density at radius 1 is 1.00 bits per heavy atom. The Morgan fingerprint density at radius 3 is 2.16 bits per heavy atom. The van der Waals surface area contributed by atoms with Gasteiger partial charge in [-0.1, -0.05) is 60.7 Å². The van der Waals surface area contributed by atoms with Crippen molar-refractivity contribution < 1.29 is 0 Å². The van der Waals surface area contributed by atoms with Crippen molar-refractivity contribution in [1.29, 1.82) is 0 Å². The molecule has 0 amide bonds. The van der Waals surface area contributed by atoms with Gasteiger partial charge in [0, 0.05) is 19.6 Å². The molecule has 4 nitrogen and oxygen atoms in total. The molecule has 2 aromatic carbocycles. The summed E-state index contributed by atoms with van der Waals surface area (Å²) < 4.78 is 0. The van der Waals surface area contributed by atoms with Crippen LogP contribution in [0.5, 0.6) is 0 Å². The highest BCUT2D eigenvalue weighted by atomic mass is 15.2. The molecular formula is C21H30N4. The number of benzene rings is 2. The van der Waals surface area contributed by atoms with Gasteiger partial charge < -0.3 is 15.5 Å². The second kappa shape index (κ2) is 9.84. The van der Waals surface area contributed by atoms with Crippen molar-refractivity contribution in [3.63, 3.8) is 0 Å². The molecule has 0 aliphatic rings. The molecule has 0 bridgehead atoms. The van der Waals surface area contributed by atoms with E-state index >= 15 is 0 Å². The minimum Gasteiger partial charge on any atom is -0.355 e. The van der Waals surface area contributed by atoms with Crippen LogP contribution >= 0.6 is 0 Å². The number of nitrogens with zero attached hydrogens (tertiary/aromatic N) is 2. The van der Waals surface area contributed by atoms with Gasteiger partial charge in [-0.2, -0.15) is 0 Å². The molecule has 0 aliphatic carbocycles. The van der Waals surface area contributed by atoms with Gasteiger partial charge in [0.1, 0.15) is 0 Å². The molecule has 0 heterocycles. The topological polar surface area (TPSA) is 39.7 Å². The monoisotopic (exact) mass is 338 g/mol. The van der Waals surface area contributed by atoms with E-state index in [-0.39, 0.29) is 6.04 Å². The van der Waals surface area contributed by atoms with Crippen LogP contribution < -0.4 is 10.6 Å². The second-order valence-corrected chi connectivity index (χ2v) is 6.54. The molecule has 4 heteroatoms. The zero-order valence-corrected chi connectivity index (χ0v) is 15.7. The molecule has 0 saturated carbocycles. The Hall–Kier alpha value is -2.33. The van der Waals surface area contributed by atoms with Crippen molar-refractivity contribution in [1.82, 2.24) is 15.5 Å². The van der Waals surface area contributed by atoms with E-state index in [1.807, 2.05) is 13.1 Å². The number of aliphatic imine (C=N–C) groups is 1. The van der Waals surface area contributed by atoms with Gasteiger partial charge in [0.15, 0.2) is 5.96 Å². The smallest absolute Gasteiger partial charge is 0.191 e. The van der Waals surface area contributed by atoms with E-state index in [9.17, 15) is 0 Å². The van der Waals surface area contributed by atoms with E-state index in [1.165, 1.54) is 11.1 Å². The molecule has 2 rings (SSSR count). The summed E-state index contributed by atoms with van der Waals surface area (Å²) in [4.78, 5) is 6.63. The number of likely N-dealkylation sites (N-methyl/N-ethyl adjacent to an activating group) is 1. The molecule has 2 N–H and O–H groups in total. The van der Waals surface area contributed by atoms with Crippen LogP contribution in [0.1, 0.15) is 24.1 Å². The van der Waals surface area contributed by atoms with E-state index in [1.54, 1.807) is 0 Å². The standard InChI is InChI=1S/C21H30N4/c1-17(19-13-9-6-10-14-19)24-21(22-2)23-16-20(25(3)4)15-18-11-7-5-8-12-18/h5-14,17,20H,15-16H2,1-4H3,(H2,22,23,24). The van der Waals surface area contributed by atoms with Gasteiger partial charge in [-0.05, 0) is 38.6 Å². The highest BCUT2D eigenvalue weighted by molar-refractivity contribution is 5.80. The van der Waals surface area contributed by atoms with Crippen LogP contribution in [0, 0.1) is 0 Å². The molecule has 0 fully saturated rings. The highest BCUT2D eigenvalue weighted by Gasteiger charge is 2.14.